The van der Waals surface area contributed by atoms with Crippen LogP contribution in [0.2, 0.25) is 5.02 Å². The third kappa shape index (κ3) is 4.75. The van der Waals surface area contributed by atoms with E-state index < -0.39 is 6.03 Å². The van der Waals surface area contributed by atoms with Crippen molar-refractivity contribution in [3.8, 4) is 16.9 Å². The van der Waals surface area contributed by atoms with Gasteiger partial charge in [-0.15, -0.1) is 0 Å². The number of imide groups is 1. The van der Waals surface area contributed by atoms with Gasteiger partial charge in [0.15, 0.2) is 0 Å². The molecule has 0 unspecified atom stereocenters. The number of carbonyl (C=O) groups excluding carboxylic acids is 3. The predicted octanol–water partition coefficient (Wildman–Crippen LogP) is 2.40. The lowest BCUT2D eigenvalue weighted by Crippen LogP contribution is -2.39. The number of halogens is 1. The van der Waals surface area contributed by atoms with Crippen molar-refractivity contribution in [1.82, 2.24) is 25.3 Å². The van der Waals surface area contributed by atoms with Crippen molar-refractivity contribution < 1.29 is 14.4 Å². The summed E-state index contributed by atoms with van der Waals surface area (Å²) in [6.45, 7) is 0.306. The molecule has 0 aliphatic carbocycles. The van der Waals surface area contributed by atoms with Crippen LogP contribution in [0, 0.1) is 0 Å². The number of amides is 4. The first-order chi connectivity index (χ1) is 15.0. The topological polar surface area (TPSA) is 96.3 Å². The van der Waals surface area contributed by atoms with E-state index in [-0.39, 0.29) is 37.9 Å². The number of carbonyl (C=O) groups is 3. The van der Waals surface area contributed by atoms with Gasteiger partial charge in [0.05, 0.1) is 24.3 Å². The number of hydrogen-bond acceptors (Lipinski definition) is 4. The molecule has 2 heterocycles. The van der Waals surface area contributed by atoms with Gasteiger partial charge in [0.1, 0.15) is 0 Å². The summed E-state index contributed by atoms with van der Waals surface area (Å²) in [6, 6.07) is 16.5. The van der Waals surface area contributed by atoms with Gasteiger partial charge in [0, 0.05) is 35.4 Å². The van der Waals surface area contributed by atoms with Gasteiger partial charge >= 0.3 is 6.03 Å². The maximum atomic E-state index is 12.6. The Morgan fingerprint density at radius 1 is 1.10 bits per heavy atom. The lowest BCUT2D eigenvalue weighted by atomic mass is 10.1. The van der Waals surface area contributed by atoms with Gasteiger partial charge in [-0.2, -0.15) is 5.10 Å². The minimum Gasteiger partial charge on any atom is -0.354 e. The third-order valence-electron chi connectivity index (χ3n) is 4.87. The Morgan fingerprint density at radius 3 is 2.52 bits per heavy atom. The second kappa shape index (κ2) is 9.01. The zero-order valence-corrected chi connectivity index (χ0v) is 17.3. The SMILES string of the molecule is O=C(Cc1cn(-c2ccccc2)nc1-c1ccc(Cl)cc1)NCCN1C(=O)CNC1=O. The van der Waals surface area contributed by atoms with Crippen LogP contribution in [-0.4, -0.2) is 52.2 Å². The molecule has 1 saturated heterocycles. The van der Waals surface area contributed by atoms with E-state index in [1.807, 2.05) is 48.7 Å². The highest BCUT2D eigenvalue weighted by Crippen LogP contribution is 2.25. The number of aromatic nitrogens is 2. The van der Waals surface area contributed by atoms with Crippen LogP contribution in [0.1, 0.15) is 5.56 Å². The minimum atomic E-state index is -0.437. The first-order valence-electron chi connectivity index (χ1n) is 9.76. The molecule has 0 spiro atoms. The van der Waals surface area contributed by atoms with Crippen molar-refractivity contribution in [2.45, 2.75) is 6.42 Å². The highest BCUT2D eigenvalue weighted by atomic mass is 35.5. The largest absolute Gasteiger partial charge is 0.354 e. The molecule has 1 aliphatic heterocycles. The molecule has 1 aliphatic rings. The Hall–Kier alpha value is -3.65. The maximum absolute atomic E-state index is 12.6. The summed E-state index contributed by atoms with van der Waals surface area (Å²) in [6.07, 6.45) is 1.93. The van der Waals surface area contributed by atoms with Crippen LogP contribution in [0.15, 0.2) is 60.8 Å². The van der Waals surface area contributed by atoms with E-state index >= 15 is 0 Å². The standard InChI is InChI=1S/C22H20ClN5O3/c23-17-8-6-15(7-9-17)21-16(14-28(26-21)18-4-2-1-3-5-18)12-19(29)24-10-11-27-20(30)13-25-22(27)31/h1-9,14H,10-13H2,(H,24,29)(H,25,31). The molecule has 3 aromatic rings. The molecule has 9 heteroatoms. The van der Waals surface area contributed by atoms with Gasteiger partial charge in [-0.3, -0.25) is 14.5 Å². The van der Waals surface area contributed by atoms with Gasteiger partial charge in [-0.1, -0.05) is 41.9 Å². The van der Waals surface area contributed by atoms with E-state index in [0.717, 1.165) is 21.7 Å². The van der Waals surface area contributed by atoms with Crippen molar-refractivity contribution >= 4 is 29.4 Å². The van der Waals surface area contributed by atoms with E-state index in [9.17, 15) is 14.4 Å². The summed E-state index contributed by atoms with van der Waals surface area (Å²) < 4.78 is 1.74. The van der Waals surface area contributed by atoms with E-state index in [1.165, 1.54) is 0 Å². The van der Waals surface area contributed by atoms with Crippen LogP contribution in [0.25, 0.3) is 16.9 Å². The molecule has 0 radical (unpaired) electrons. The van der Waals surface area contributed by atoms with Crippen LogP contribution in [0.3, 0.4) is 0 Å². The molecule has 158 valence electrons. The van der Waals surface area contributed by atoms with E-state index in [2.05, 4.69) is 15.7 Å². The summed E-state index contributed by atoms with van der Waals surface area (Å²) in [5, 5.41) is 10.5. The molecule has 4 amide bonds. The van der Waals surface area contributed by atoms with Crippen molar-refractivity contribution in [3.05, 3.63) is 71.4 Å². The average Bonchev–Trinajstić information content (AvgIpc) is 3.33. The Labute approximate surface area is 183 Å². The zero-order valence-electron chi connectivity index (χ0n) is 16.5. The van der Waals surface area contributed by atoms with Gasteiger partial charge in [-0.05, 0) is 24.3 Å². The van der Waals surface area contributed by atoms with Gasteiger partial charge in [-0.25, -0.2) is 9.48 Å². The lowest BCUT2D eigenvalue weighted by molar-refractivity contribution is -0.125. The molecule has 0 bridgehead atoms. The first-order valence-corrected chi connectivity index (χ1v) is 10.1. The molecule has 4 rings (SSSR count). The normalized spacial score (nSPS) is 13.4. The van der Waals surface area contributed by atoms with Gasteiger partial charge in [0.2, 0.25) is 11.8 Å². The summed E-state index contributed by atoms with van der Waals surface area (Å²) in [4.78, 5) is 36.8. The van der Waals surface area contributed by atoms with E-state index in [4.69, 9.17) is 11.6 Å². The Morgan fingerprint density at radius 2 is 1.84 bits per heavy atom. The second-order valence-electron chi connectivity index (χ2n) is 7.02. The van der Waals surface area contributed by atoms with Crippen LogP contribution >= 0.6 is 11.6 Å². The summed E-state index contributed by atoms with van der Waals surface area (Å²) in [5.41, 5.74) is 3.16. The van der Waals surface area contributed by atoms with Crippen LogP contribution < -0.4 is 10.6 Å². The molecule has 1 aromatic heterocycles. The highest BCUT2D eigenvalue weighted by molar-refractivity contribution is 6.30. The molecule has 31 heavy (non-hydrogen) atoms. The van der Waals surface area contributed by atoms with Crippen molar-refractivity contribution in [3.63, 3.8) is 0 Å². The molecule has 0 saturated carbocycles. The molecule has 8 nitrogen and oxygen atoms in total. The fourth-order valence-corrected chi connectivity index (χ4v) is 3.45. The molecule has 2 N–H and O–H groups in total. The molecule has 2 aromatic carbocycles. The summed E-state index contributed by atoms with van der Waals surface area (Å²) in [5.74, 6) is -0.525. The lowest BCUT2D eigenvalue weighted by Gasteiger charge is -2.12. The van der Waals surface area contributed by atoms with Crippen LogP contribution in [-0.2, 0) is 16.0 Å². The van der Waals surface area contributed by atoms with Gasteiger partial charge < -0.3 is 10.6 Å². The maximum Gasteiger partial charge on any atom is 0.324 e. The quantitative estimate of drug-likeness (QED) is 0.555. The summed E-state index contributed by atoms with van der Waals surface area (Å²) in [7, 11) is 0. The molecule has 1 fully saturated rings. The molecular formula is C22H20ClN5O3. The Bertz CT molecular complexity index is 1100. The summed E-state index contributed by atoms with van der Waals surface area (Å²) >= 11 is 6.01. The minimum absolute atomic E-state index is 0.00406. The monoisotopic (exact) mass is 437 g/mol. The predicted molar refractivity (Wildman–Crippen MR) is 116 cm³/mol. The average molecular weight is 438 g/mol. The number of nitrogens with one attached hydrogen (secondary N) is 2. The Kier molecular flexibility index (Phi) is 5.99. The number of hydrogen-bond donors (Lipinski definition) is 2. The van der Waals surface area contributed by atoms with E-state index in [1.54, 1.807) is 16.8 Å². The van der Waals surface area contributed by atoms with Gasteiger partial charge in [0.25, 0.3) is 0 Å². The number of benzene rings is 2. The van der Waals surface area contributed by atoms with Crippen molar-refractivity contribution in [1.29, 1.82) is 0 Å². The number of nitrogens with zero attached hydrogens (tertiary/aromatic N) is 3. The fraction of sp³-hybridized carbons (Fsp3) is 0.182. The Balaban J connectivity index is 1.50. The van der Waals surface area contributed by atoms with Crippen LogP contribution in [0.5, 0.6) is 0 Å². The number of rotatable bonds is 7. The van der Waals surface area contributed by atoms with E-state index in [0.29, 0.717) is 10.7 Å². The molecular weight excluding hydrogens is 418 g/mol. The first kappa shape index (κ1) is 20.6. The number of urea groups is 1. The zero-order chi connectivity index (χ0) is 21.8. The van der Waals surface area contributed by atoms with Crippen LogP contribution in [0.4, 0.5) is 4.79 Å². The molecule has 0 atom stereocenters. The fourth-order valence-electron chi connectivity index (χ4n) is 3.33. The van der Waals surface area contributed by atoms with Crippen molar-refractivity contribution in [2.24, 2.45) is 0 Å². The second-order valence-corrected chi connectivity index (χ2v) is 7.46. The third-order valence-corrected chi connectivity index (χ3v) is 5.13. The highest BCUT2D eigenvalue weighted by Gasteiger charge is 2.27. The number of para-hydroxylation sites is 1. The smallest absolute Gasteiger partial charge is 0.324 e. The van der Waals surface area contributed by atoms with Crippen molar-refractivity contribution in [2.75, 3.05) is 19.6 Å².